The van der Waals surface area contributed by atoms with E-state index in [2.05, 4.69) is 32.4 Å². The Kier molecular flexibility index (Phi) is 3.66. The number of anilines is 1. The van der Waals surface area contributed by atoms with Crippen molar-refractivity contribution in [2.24, 2.45) is 0 Å². The summed E-state index contributed by atoms with van der Waals surface area (Å²) in [6.45, 7) is 2.90. The number of hydrogen-bond donors (Lipinski definition) is 3. The molecule has 6 heteroatoms. The van der Waals surface area contributed by atoms with Crippen LogP contribution in [0.5, 0.6) is 0 Å². The molecule has 0 saturated carbocycles. The van der Waals surface area contributed by atoms with Crippen molar-refractivity contribution < 1.29 is 0 Å². The minimum atomic E-state index is 0.0778. The molecule has 90 valence electrons. The predicted octanol–water partition coefficient (Wildman–Crippen LogP) is 0.675. The third-order valence-corrected chi connectivity index (χ3v) is 2.56. The zero-order valence-electron chi connectivity index (χ0n) is 9.72. The van der Waals surface area contributed by atoms with E-state index in [1.807, 2.05) is 12.1 Å². The fourth-order valence-electron chi connectivity index (χ4n) is 1.74. The molecule has 1 unspecified atom stereocenters. The number of H-pyrrole nitrogens is 1. The zero-order valence-corrected chi connectivity index (χ0v) is 9.72. The summed E-state index contributed by atoms with van der Waals surface area (Å²) >= 11 is 0. The van der Waals surface area contributed by atoms with E-state index in [1.54, 1.807) is 6.20 Å². The van der Waals surface area contributed by atoms with Gasteiger partial charge in [-0.3, -0.25) is 5.10 Å². The molecule has 2 heterocycles. The van der Waals surface area contributed by atoms with Crippen molar-refractivity contribution in [1.82, 2.24) is 25.5 Å². The van der Waals surface area contributed by atoms with Crippen LogP contribution in [0.15, 0.2) is 24.7 Å². The van der Waals surface area contributed by atoms with Crippen molar-refractivity contribution in [3.8, 4) is 0 Å². The Balaban J connectivity index is 2.16. The van der Waals surface area contributed by atoms with E-state index in [4.69, 9.17) is 5.73 Å². The molecule has 1 atom stereocenters. The summed E-state index contributed by atoms with van der Waals surface area (Å²) in [5.74, 6) is 1.38. The fourth-order valence-corrected chi connectivity index (χ4v) is 1.74. The van der Waals surface area contributed by atoms with Crippen LogP contribution >= 0.6 is 0 Å². The molecule has 17 heavy (non-hydrogen) atoms. The fraction of sp³-hybridized carbons (Fsp3) is 0.364. The smallest absolute Gasteiger partial charge is 0.141 e. The van der Waals surface area contributed by atoms with Crippen LogP contribution in [-0.4, -0.2) is 26.7 Å². The van der Waals surface area contributed by atoms with Crippen LogP contribution in [0.4, 0.5) is 5.82 Å². The van der Waals surface area contributed by atoms with Gasteiger partial charge in [0.2, 0.25) is 0 Å². The van der Waals surface area contributed by atoms with Gasteiger partial charge < -0.3 is 11.1 Å². The molecule has 0 saturated heterocycles. The highest BCUT2D eigenvalue weighted by molar-refractivity contribution is 5.39. The minimum Gasteiger partial charge on any atom is -0.383 e. The molecule has 4 N–H and O–H groups in total. The van der Waals surface area contributed by atoms with Crippen molar-refractivity contribution in [2.45, 2.75) is 19.4 Å². The molecular weight excluding hydrogens is 216 g/mol. The van der Waals surface area contributed by atoms with Crippen LogP contribution in [0.3, 0.4) is 0 Å². The second kappa shape index (κ2) is 5.40. The third-order valence-electron chi connectivity index (χ3n) is 2.56. The molecular formula is C11H16N6. The van der Waals surface area contributed by atoms with E-state index in [0.717, 1.165) is 24.4 Å². The summed E-state index contributed by atoms with van der Waals surface area (Å²) in [7, 11) is 0. The lowest BCUT2D eigenvalue weighted by atomic mass is 10.1. The van der Waals surface area contributed by atoms with Gasteiger partial charge in [-0.2, -0.15) is 5.10 Å². The second-order valence-corrected chi connectivity index (χ2v) is 3.73. The molecule has 0 aliphatic heterocycles. The number of pyridine rings is 1. The van der Waals surface area contributed by atoms with Crippen molar-refractivity contribution in [3.05, 3.63) is 36.0 Å². The maximum atomic E-state index is 5.83. The second-order valence-electron chi connectivity index (χ2n) is 3.73. The van der Waals surface area contributed by atoms with Gasteiger partial charge in [-0.25, -0.2) is 9.97 Å². The number of aromatic amines is 1. The molecule has 2 rings (SSSR count). The summed E-state index contributed by atoms with van der Waals surface area (Å²) in [6, 6.07) is 3.94. The van der Waals surface area contributed by atoms with E-state index in [9.17, 15) is 0 Å². The van der Waals surface area contributed by atoms with E-state index in [1.165, 1.54) is 6.33 Å². The van der Waals surface area contributed by atoms with Gasteiger partial charge in [0.25, 0.3) is 0 Å². The maximum Gasteiger partial charge on any atom is 0.141 e. The van der Waals surface area contributed by atoms with Gasteiger partial charge in [-0.1, -0.05) is 13.0 Å². The third kappa shape index (κ3) is 2.79. The Hall–Kier alpha value is -1.95. The number of nitrogens with zero attached hydrogens (tertiary/aromatic N) is 3. The lowest BCUT2D eigenvalue weighted by Gasteiger charge is -2.15. The highest BCUT2D eigenvalue weighted by atomic mass is 15.2. The van der Waals surface area contributed by atoms with Gasteiger partial charge in [-0.15, -0.1) is 0 Å². The minimum absolute atomic E-state index is 0.0778. The summed E-state index contributed by atoms with van der Waals surface area (Å²) in [4.78, 5) is 8.25. The molecule has 0 spiro atoms. The highest BCUT2D eigenvalue weighted by Gasteiger charge is 2.15. The first-order valence-electron chi connectivity index (χ1n) is 5.59. The Morgan fingerprint density at radius 1 is 1.47 bits per heavy atom. The number of nitrogens with two attached hydrogens (primary N) is 1. The number of hydrogen-bond acceptors (Lipinski definition) is 5. The molecule has 0 radical (unpaired) electrons. The van der Waals surface area contributed by atoms with Crippen molar-refractivity contribution >= 4 is 5.82 Å². The molecule has 6 nitrogen and oxygen atoms in total. The Morgan fingerprint density at radius 2 is 2.35 bits per heavy atom. The van der Waals surface area contributed by atoms with E-state index >= 15 is 0 Å². The summed E-state index contributed by atoms with van der Waals surface area (Å²) < 4.78 is 0. The van der Waals surface area contributed by atoms with Crippen LogP contribution in [0.1, 0.15) is 24.4 Å². The van der Waals surface area contributed by atoms with E-state index < -0.39 is 0 Å². The number of nitrogens with one attached hydrogen (secondary N) is 2. The van der Waals surface area contributed by atoms with E-state index in [0.29, 0.717) is 5.82 Å². The molecule has 0 aliphatic carbocycles. The number of rotatable bonds is 5. The average Bonchev–Trinajstić information content (AvgIpc) is 2.85. The van der Waals surface area contributed by atoms with E-state index in [-0.39, 0.29) is 6.04 Å². The van der Waals surface area contributed by atoms with Crippen molar-refractivity contribution in [3.63, 3.8) is 0 Å². The predicted molar refractivity (Wildman–Crippen MR) is 65.2 cm³/mol. The summed E-state index contributed by atoms with van der Waals surface area (Å²) in [5.41, 5.74) is 6.84. The first-order chi connectivity index (χ1) is 8.31. The van der Waals surface area contributed by atoms with Gasteiger partial charge in [-0.05, 0) is 24.6 Å². The normalized spacial score (nSPS) is 12.5. The molecule has 0 aliphatic rings. The first-order valence-corrected chi connectivity index (χ1v) is 5.59. The lowest BCUT2D eigenvalue weighted by molar-refractivity contribution is 0.523. The first kappa shape index (κ1) is 11.5. The van der Waals surface area contributed by atoms with Crippen molar-refractivity contribution in [2.75, 3.05) is 12.3 Å². The SMILES string of the molecule is CCNC(Cc1cccnc1N)c1ncn[nH]1. The number of likely N-dealkylation sites (N-methyl/N-ethyl adjacent to an activating group) is 1. The van der Waals surface area contributed by atoms with Crippen LogP contribution in [0, 0.1) is 0 Å². The Bertz CT molecular complexity index is 453. The zero-order chi connectivity index (χ0) is 12.1. The molecule has 0 amide bonds. The average molecular weight is 232 g/mol. The van der Waals surface area contributed by atoms with Crippen LogP contribution in [0.2, 0.25) is 0 Å². The number of aromatic nitrogens is 4. The quantitative estimate of drug-likeness (QED) is 0.704. The monoisotopic (exact) mass is 232 g/mol. The lowest BCUT2D eigenvalue weighted by Crippen LogP contribution is -2.24. The van der Waals surface area contributed by atoms with Gasteiger partial charge in [0, 0.05) is 6.20 Å². The highest BCUT2D eigenvalue weighted by Crippen LogP contribution is 2.17. The Morgan fingerprint density at radius 3 is 3.00 bits per heavy atom. The molecule has 0 aromatic carbocycles. The molecule has 0 fully saturated rings. The van der Waals surface area contributed by atoms with Gasteiger partial charge in [0.15, 0.2) is 0 Å². The van der Waals surface area contributed by atoms with Crippen LogP contribution in [-0.2, 0) is 6.42 Å². The standard InChI is InChI=1S/C11H16N6/c1-2-13-9(11-15-7-16-17-11)6-8-4-3-5-14-10(8)12/h3-5,7,9,13H,2,6H2,1H3,(H2,12,14)(H,15,16,17). The van der Waals surface area contributed by atoms with Gasteiger partial charge in [0.05, 0.1) is 6.04 Å². The molecule has 0 bridgehead atoms. The summed E-state index contributed by atoms with van der Waals surface area (Å²) in [6.07, 6.45) is 3.94. The largest absolute Gasteiger partial charge is 0.383 e. The maximum absolute atomic E-state index is 5.83. The number of nitrogen functional groups attached to an aromatic ring is 1. The molecule has 2 aromatic rings. The van der Waals surface area contributed by atoms with Gasteiger partial charge in [0.1, 0.15) is 18.0 Å². The van der Waals surface area contributed by atoms with Gasteiger partial charge >= 0.3 is 0 Å². The molecule has 2 aromatic heterocycles. The van der Waals surface area contributed by atoms with Crippen LogP contribution in [0.25, 0.3) is 0 Å². The Labute approximate surface area is 99.7 Å². The van der Waals surface area contributed by atoms with Crippen LogP contribution < -0.4 is 11.1 Å². The topological polar surface area (TPSA) is 92.5 Å². The summed E-state index contributed by atoms with van der Waals surface area (Å²) in [5, 5.41) is 10.1. The van der Waals surface area contributed by atoms with Crippen molar-refractivity contribution in [1.29, 1.82) is 0 Å².